The second kappa shape index (κ2) is 12.0. The van der Waals surface area contributed by atoms with Gasteiger partial charge in [-0.2, -0.15) is 0 Å². The number of anilines is 1. The van der Waals surface area contributed by atoms with Gasteiger partial charge in [-0.25, -0.2) is 0 Å². The van der Waals surface area contributed by atoms with Crippen LogP contribution in [0.5, 0.6) is 0 Å². The number of rotatable bonds is 9. The summed E-state index contributed by atoms with van der Waals surface area (Å²) in [6, 6.07) is 42.1. The van der Waals surface area contributed by atoms with Crippen LogP contribution in [0.25, 0.3) is 0 Å². The Labute approximate surface area is 248 Å². The fourth-order valence-corrected chi connectivity index (χ4v) is 5.33. The molecule has 43 heavy (non-hydrogen) atoms. The quantitative estimate of drug-likeness (QED) is 0.104. The van der Waals surface area contributed by atoms with Crippen LogP contribution in [0, 0.1) is 10.1 Å². The normalized spacial score (nSPS) is 14.7. The summed E-state index contributed by atoms with van der Waals surface area (Å²) in [5.41, 5.74) is 3.18. The minimum absolute atomic E-state index is 0.0706. The van der Waals surface area contributed by atoms with Crippen molar-refractivity contribution in [3.05, 3.63) is 189 Å². The fourth-order valence-electron chi connectivity index (χ4n) is 5.33. The first-order valence-corrected chi connectivity index (χ1v) is 13.8. The number of Topliss-reactive ketones (excluding diaryl/α,β-unsaturated/α-hetero) is 1. The average molecular weight is 567 g/mol. The van der Waals surface area contributed by atoms with Gasteiger partial charge < -0.3 is 4.74 Å². The standard InChI is InChI=1S/C36H26N2O5/c39-33(26-21-23-30(24-22-26)38(41)42)31-32(25-13-5-1-6-14-25)37(29-19-11-4-12-20-29)36(40)35(31)43-34(27-15-7-2-8-16-27)28-17-9-3-10-18-28/h1-24,32,34H. The van der Waals surface area contributed by atoms with E-state index in [1.165, 1.54) is 24.3 Å². The van der Waals surface area contributed by atoms with Gasteiger partial charge in [-0.15, -0.1) is 0 Å². The topological polar surface area (TPSA) is 89.8 Å². The van der Waals surface area contributed by atoms with E-state index in [-0.39, 0.29) is 22.6 Å². The summed E-state index contributed by atoms with van der Waals surface area (Å²) in [5.74, 6) is -0.980. The van der Waals surface area contributed by atoms with Crippen molar-refractivity contribution in [1.29, 1.82) is 0 Å². The molecule has 0 saturated carbocycles. The molecule has 7 nitrogen and oxygen atoms in total. The molecule has 0 N–H and O–H groups in total. The van der Waals surface area contributed by atoms with E-state index in [0.29, 0.717) is 5.69 Å². The summed E-state index contributed by atoms with van der Waals surface area (Å²) in [6.07, 6.45) is -0.687. The molecule has 6 rings (SSSR count). The zero-order valence-corrected chi connectivity index (χ0v) is 22.9. The maximum atomic E-state index is 14.5. The smallest absolute Gasteiger partial charge is 0.294 e. The van der Waals surface area contributed by atoms with Gasteiger partial charge in [-0.05, 0) is 41.0 Å². The molecule has 5 aromatic carbocycles. The SMILES string of the molecule is O=C(C1=C(OC(c2ccccc2)c2ccccc2)C(=O)N(c2ccccc2)C1c1ccccc1)c1ccc([N+](=O)[O-])cc1. The highest BCUT2D eigenvalue weighted by Gasteiger charge is 2.46. The average Bonchev–Trinajstić information content (AvgIpc) is 3.36. The number of para-hydroxylation sites is 1. The molecule has 210 valence electrons. The van der Waals surface area contributed by atoms with Crippen molar-refractivity contribution >= 4 is 23.1 Å². The van der Waals surface area contributed by atoms with Crippen LogP contribution in [0.3, 0.4) is 0 Å². The number of hydrogen-bond acceptors (Lipinski definition) is 5. The molecule has 1 aliphatic rings. The van der Waals surface area contributed by atoms with Crippen molar-refractivity contribution in [2.75, 3.05) is 4.90 Å². The number of non-ortho nitro benzene ring substituents is 1. The number of carbonyl (C=O) groups is 2. The molecular weight excluding hydrogens is 540 g/mol. The van der Waals surface area contributed by atoms with Crippen molar-refractivity contribution < 1.29 is 19.2 Å². The summed E-state index contributed by atoms with van der Waals surface area (Å²) in [7, 11) is 0. The predicted octanol–water partition coefficient (Wildman–Crippen LogP) is 7.63. The van der Waals surface area contributed by atoms with Crippen LogP contribution in [0.1, 0.15) is 39.2 Å². The Bertz CT molecular complexity index is 1750. The number of ether oxygens (including phenoxy) is 1. The predicted molar refractivity (Wildman–Crippen MR) is 163 cm³/mol. The van der Waals surface area contributed by atoms with E-state index < -0.39 is 28.8 Å². The fraction of sp³-hybridized carbons (Fsp3) is 0.0556. The van der Waals surface area contributed by atoms with Gasteiger partial charge in [-0.3, -0.25) is 24.6 Å². The molecule has 1 unspecified atom stereocenters. The summed E-state index contributed by atoms with van der Waals surface area (Å²) in [5, 5.41) is 11.3. The van der Waals surface area contributed by atoms with Crippen LogP contribution in [0.15, 0.2) is 157 Å². The molecule has 7 heteroatoms. The van der Waals surface area contributed by atoms with Gasteiger partial charge in [-0.1, -0.05) is 109 Å². The summed E-state index contributed by atoms with van der Waals surface area (Å²) >= 11 is 0. The Morgan fingerprint density at radius 2 is 1.19 bits per heavy atom. The molecule has 0 bridgehead atoms. The summed E-state index contributed by atoms with van der Waals surface area (Å²) < 4.78 is 6.68. The molecule has 1 amide bonds. The third kappa shape index (κ3) is 5.44. The van der Waals surface area contributed by atoms with Crippen molar-refractivity contribution in [3.8, 4) is 0 Å². The molecule has 0 spiro atoms. The molecule has 0 fully saturated rings. The Morgan fingerprint density at radius 1 is 0.698 bits per heavy atom. The molecule has 1 aliphatic heterocycles. The van der Waals surface area contributed by atoms with E-state index >= 15 is 0 Å². The van der Waals surface area contributed by atoms with E-state index in [1.807, 2.05) is 121 Å². The zero-order valence-electron chi connectivity index (χ0n) is 22.9. The van der Waals surface area contributed by atoms with E-state index in [9.17, 15) is 19.7 Å². The van der Waals surface area contributed by atoms with Crippen LogP contribution in [-0.2, 0) is 9.53 Å². The Hall–Kier alpha value is -5.82. The molecular formula is C36H26N2O5. The number of nitrogens with zero attached hydrogens (tertiary/aromatic N) is 2. The van der Waals surface area contributed by atoms with Crippen molar-refractivity contribution in [1.82, 2.24) is 0 Å². The Balaban J connectivity index is 1.56. The van der Waals surface area contributed by atoms with Gasteiger partial charge >= 0.3 is 0 Å². The summed E-state index contributed by atoms with van der Waals surface area (Å²) in [4.78, 5) is 41.3. The Morgan fingerprint density at radius 3 is 1.70 bits per heavy atom. The van der Waals surface area contributed by atoms with Gasteiger partial charge in [0.25, 0.3) is 11.6 Å². The number of ketones is 1. The molecule has 5 aromatic rings. The summed E-state index contributed by atoms with van der Waals surface area (Å²) in [6.45, 7) is 0. The van der Waals surface area contributed by atoms with Crippen LogP contribution in [0.2, 0.25) is 0 Å². The molecule has 0 saturated heterocycles. The van der Waals surface area contributed by atoms with Crippen molar-refractivity contribution in [2.45, 2.75) is 12.1 Å². The van der Waals surface area contributed by atoms with E-state index in [4.69, 9.17) is 4.74 Å². The molecule has 0 aliphatic carbocycles. The first-order valence-electron chi connectivity index (χ1n) is 13.8. The number of nitro benzene ring substituents is 1. The van der Waals surface area contributed by atoms with Gasteiger partial charge in [0.2, 0.25) is 0 Å². The largest absolute Gasteiger partial charge is 0.475 e. The van der Waals surface area contributed by atoms with Gasteiger partial charge in [0.1, 0.15) is 6.10 Å². The lowest BCUT2D eigenvalue weighted by Crippen LogP contribution is -2.31. The van der Waals surface area contributed by atoms with Gasteiger partial charge in [0, 0.05) is 23.4 Å². The van der Waals surface area contributed by atoms with E-state index in [2.05, 4.69) is 0 Å². The number of nitro groups is 1. The third-order valence-electron chi connectivity index (χ3n) is 7.36. The second-order valence-corrected chi connectivity index (χ2v) is 10.0. The Kier molecular flexibility index (Phi) is 7.61. The zero-order chi connectivity index (χ0) is 29.8. The first-order chi connectivity index (χ1) is 21.0. The highest BCUT2D eigenvalue weighted by molar-refractivity contribution is 6.21. The highest BCUT2D eigenvalue weighted by Crippen LogP contribution is 2.45. The molecule has 1 heterocycles. The van der Waals surface area contributed by atoms with E-state index in [1.54, 1.807) is 4.90 Å². The van der Waals surface area contributed by atoms with Gasteiger partial charge in [0.15, 0.2) is 11.5 Å². The van der Waals surface area contributed by atoms with Crippen molar-refractivity contribution in [3.63, 3.8) is 0 Å². The third-order valence-corrected chi connectivity index (χ3v) is 7.36. The van der Waals surface area contributed by atoms with Crippen LogP contribution in [0.4, 0.5) is 11.4 Å². The lowest BCUT2D eigenvalue weighted by atomic mass is 9.92. The maximum Gasteiger partial charge on any atom is 0.294 e. The van der Waals surface area contributed by atoms with Crippen LogP contribution in [-0.4, -0.2) is 16.6 Å². The minimum atomic E-state index is -0.805. The van der Waals surface area contributed by atoms with E-state index in [0.717, 1.165) is 16.7 Å². The first kappa shape index (κ1) is 27.4. The molecule has 1 atom stereocenters. The minimum Gasteiger partial charge on any atom is -0.475 e. The highest BCUT2D eigenvalue weighted by atomic mass is 16.6. The van der Waals surface area contributed by atoms with Crippen LogP contribution >= 0.6 is 0 Å². The van der Waals surface area contributed by atoms with Gasteiger partial charge in [0.05, 0.1) is 16.5 Å². The lowest BCUT2D eigenvalue weighted by molar-refractivity contribution is -0.384. The number of carbonyl (C=O) groups excluding carboxylic acids is 2. The lowest BCUT2D eigenvalue weighted by Gasteiger charge is -2.27. The monoisotopic (exact) mass is 566 g/mol. The molecule has 0 aromatic heterocycles. The van der Waals surface area contributed by atoms with Crippen LogP contribution < -0.4 is 4.90 Å². The second-order valence-electron chi connectivity index (χ2n) is 10.0. The number of hydrogen-bond donors (Lipinski definition) is 0. The number of benzene rings is 5. The maximum absolute atomic E-state index is 14.5. The number of amides is 1. The molecule has 0 radical (unpaired) electrons. The van der Waals surface area contributed by atoms with Crippen molar-refractivity contribution in [2.24, 2.45) is 0 Å².